The number of rotatable bonds is 7. The van der Waals surface area contributed by atoms with Crippen molar-refractivity contribution in [3.8, 4) is 0 Å². The average molecular weight is 399 g/mol. The molecular weight excluding hydrogens is 372 g/mol. The van der Waals surface area contributed by atoms with E-state index >= 15 is 0 Å². The van der Waals surface area contributed by atoms with Crippen LogP contribution in [-0.4, -0.2) is 28.8 Å². The van der Waals surface area contributed by atoms with E-state index in [-0.39, 0.29) is 24.3 Å². The zero-order chi connectivity index (χ0) is 19.9. The third-order valence-corrected chi connectivity index (χ3v) is 5.73. The minimum Gasteiger partial charge on any atom is -0.352 e. The van der Waals surface area contributed by atoms with Gasteiger partial charge in [-0.25, -0.2) is 0 Å². The zero-order valence-corrected chi connectivity index (χ0v) is 17.0. The maximum Gasteiger partial charge on any atom is 0.242 e. The molecule has 0 spiro atoms. The molecule has 2 amide bonds. The summed E-state index contributed by atoms with van der Waals surface area (Å²) in [5.41, 5.74) is 1.77. The fourth-order valence-electron chi connectivity index (χ4n) is 3.66. The molecule has 1 atom stereocenters. The number of amides is 2. The van der Waals surface area contributed by atoms with Crippen molar-refractivity contribution in [3.63, 3.8) is 0 Å². The zero-order valence-electron chi connectivity index (χ0n) is 16.2. The fourth-order valence-corrected chi connectivity index (χ4v) is 3.86. The topological polar surface area (TPSA) is 49.4 Å². The van der Waals surface area contributed by atoms with E-state index in [0.29, 0.717) is 11.6 Å². The van der Waals surface area contributed by atoms with E-state index in [1.165, 1.54) is 0 Å². The highest BCUT2D eigenvalue weighted by molar-refractivity contribution is 6.31. The lowest BCUT2D eigenvalue weighted by molar-refractivity contribution is -0.140. The first kappa shape index (κ1) is 20.4. The minimum absolute atomic E-state index is 0.0876. The Balaban J connectivity index is 1.76. The predicted octanol–water partition coefficient (Wildman–Crippen LogP) is 4.36. The molecule has 2 aromatic rings. The highest BCUT2D eigenvalue weighted by atomic mass is 35.5. The molecule has 1 fully saturated rings. The third kappa shape index (κ3) is 5.35. The molecule has 1 saturated carbocycles. The van der Waals surface area contributed by atoms with E-state index in [1.54, 1.807) is 17.9 Å². The van der Waals surface area contributed by atoms with Gasteiger partial charge in [-0.05, 0) is 37.0 Å². The molecule has 2 aromatic carbocycles. The lowest BCUT2D eigenvalue weighted by atomic mass is 10.1. The summed E-state index contributed by atoms with van der Waals surface area (Å²) < 4.78 is 0. The van der Waals surface area contributed by atoms with Gasteiger partial charge in [0.25, 0.3) is 0 Å². The number of nitrogens with one attached hydrogen (secondary N) is 1. The van der Waals surface area contributed by atoms with Gasteiger partial charge in [0.05, 0.1) is 6.42 Å². The lowest BCUT2D eigenvalue weighted by Gasteiger charge is -2.30. The van der Waals surface area contributed by atoms with Gasteiger partial charge in [0.1, 0.15) is 6.04 Å². The van der Waals surface area contributed by atoms with E-state index in [9.17, 15) is 9.59 Å². The quantitative estimate of drug-likeness (QED) is 0.753. The van der Waals surface area contributed by atoms with Gasteiger partial charge >= 0.3 is 0 Å². The van der Waals surface area contributed by atoms with Crippen molar-refractivity contribution in [2.45, 2.75) is 57.7 Å². The molecule has 0 heterocycles. The van der Waals surface area contributed by atoms with Gasteiger partial charge in [-0.3, -0.25) is 9.59 Å². The smallest absolute Gasteiger partial charge is 0.242 e. The van der Waals surface area contributed by atoms with Gasteiger partial charge in [-0.1, -0.05) is 73.0 Å². The highest BCUT2D eigenvalue weighted by Gasteiger charge is 2.28. The molecule has 3 rings (SSSR count). The molecule has 1 aliphatic rings. The van der Waals surface area contributed by atoms with Gasteiger partial charge in [-0.2, -0.15) is 0 Å². The molecule has 4 nitrogen and oxygen atoms in total. The summed E-state index contributed by atoms with van der Waals surface area (Å²) in [4.78, 5) is 27.6. The highest BCUT2D eigenvalue weighted by Crippen LogP contribution is 2.20. The molecule has 1 N–H and O–H groups in total. The summed E-state index contributed by atoms with van der Waals surface area (Å²) in [6.07, 6.45) is 4.51. The maximum absolute atomic E-state index is 13.1. The Morgan fingerprint density at radius 1 is 1.07 bits per heavy atom. The van der Waals surface area contributed by atoms with Crippen LogP contribution in [0.4, 0.5) is 0 Å². The molecule has 1 aliphatic carbocycles. The molecular formula is C23H27ClN2O2. The van der Waals surface area contributed by atoms with Crippen LogP contribution < -0.4 is 5.32 Å². The molecule has 0 radical (unpaired) electrons. The summed E-state index contributed by atoms with van der Waals surface area (Å²) in [5, 5.41) is 3.68. The Hall–Kier alpha value is -2.33. The van der Waals surface area contributed by atoms with Crippen molar-refractivity contribution < 1.29 is 9.59 Å². The number of nitrogens with zero attached hydrogens (tertiary/aromatic N) is 1. The third-order valence-electron chi connectivity index (χ3n) is 5.36. The normalized spacial score (nSPS) is 15.2. The lowest BCUT2D eigenvalue weighted by Crippen LogP contribution is -2.50. The predicted molar refractivity (Wildman–Crippen MR) is 112 cm³/mol. The van der Waals surface area contributed by atoms with E-state index in [2.05, 4.69) is 5.32 Å². The van der Waals surface area contributed by atoms with Crippen molar-refractivity contribution >= 4 is 23.4 Å². The van der Waals surface area contributed by atoms with Crippen molar-refractivity contribution in [1.82, 2.24) is 10.2 Å². The molecule has 1 unspecified atom stereocenters. The van der Waals surface area contributed by atoms with Crippen molar-refractivity contribution in [2.75, 3.05) is 0 Å². The molecule has 28 heavy (non-hydrogen) atoms. The van der Waals surface area contributed by atoms with Crippen LogP contribution in [0.5, 0.6) is 0 Å². The van der Waals surface area contributed by atoms with Crippen LogP contribution in [0.25, 0.3) is 0 Å². The van der Waals surface area contributed by atoms with Crippen LogP contribution in [0.1, 0.15) is 43.7 Å². The monoisotopic (exact) mass is 398 g/mol. The van der Waals surface area contributed by atoms with E-state index in [1.807, 2.05) is 48.5 Å². The molecule has 0 bridgehead atoms. The van der Waals surface area contributed by atoms with Crippen LogP contribution in [0, 0.1) is 0 Å². The van der Waals surface area contributed by atoms with E-state index in [0.717, 1.165) is 36.8 Å². The Bertz CT molecular complexity index is 803. The summed E-state index contributed by atoms with van der Waals surface area (Å²) in [7, 11) is 0. The average Bonchev–Trinajstić information content (AvgIpc) is 3.21. The molecule has 0 aliphatic heterocycles. The van der Waals surface area contributed by atoms with Crippen LogP contribution >= 0.6 is 11.6 Å². The second-order valence-electron chi connectivity index (χ2n) is 7.44. The summed E-state index contributed by atoms with van der Waals surface area (Å²) in [6.45, 7) is 2.20. The number of hydrogen-bond acceptors (Lipinski definition) is 2. The van der Waals surface area contributed by atoms with Gasteiger partial charge in [-0.15, -0.1) is 0 Å². The Morgan fingerprint density at radius 2 is 1.71 bits per heavy atom. The van der Waals surface area contributed by atoms with Crippen molar-refractivity contribution in [1.29, 1.82) is 0 Å². The standard InChI is InChI=1S/C23H27ClN2O2/c1-17(23(28)25-20-12-6-7-13-20)26(16-18-9-3-2-4-10-18)22(27)15-19-11-5-8-14-21(19)24/h2-5,8-11,14,17,20H,6-7,12-13,15-16H2,1H3,(H,25,28). The van der Waals surface area contributed by atoms with Gasteiger partial charge in [0.15, 0.2) is 0 Å². The van der Waals surface area contributed by atoms with Crippen LogP contribution in [0.3, 0.4) is 0 Å². The number of carbonyl (C=O) groups excluding carboxylic acids is 2. The summed E-state index contributed by atoms with van der Waals surface area (Å²) in [6, 6.07) is 16.8. The van der Waals surface area contributed by atoms with Crippen LogP contribution in [0.2, 0.25) is 5.02 Å². The largest absolute Gasteiger partial charge is 0.352 e. The molecule has 148 valence electrons. The first-order chi connectivity index (χ1) is 13.5. The Kier molecular flexibility index (Phi) is 7.10. The SMILES string of the molecule is CC(C(=O)NC1CCCC1)N(Cc1ccccc1)C(=O)Cc1ccccc1Cl. The number of carbonyl (C=O) groups is 2. The fraction of sp³-hybridized carbons (Fsp3) is 0.391. The Labute approximate surface area is 171 Å². The van der Waals surface area contributed by atoms with Crippen LogP contribution in [-0.2, 0) is 22.6 Å². The van der Waals surface area contributed by atoms with Gasteiger partial charge < -0.3 is 10.2 Å². The molecule has 0 aromatic heterocycles. The van der Waals surface area contributed by atoms with Gasteiger partial charge in [0.2, 0.25) is 11.8 Å². The number of halogens is 1. The second-order valence-corrected chi connectivity index (χ2v) is 7.85. The molecule has 5 heteroatoms. The van der Waals surface area contributed by atoms with Crippen LogP contribution in [0.15, 0.2) is 54.6 Å². The van der Waals surface area contributed by atoms with Crippen molar-refractivity contribution in [2.24, 2.45) is 0 Å². The minimum atomic E-state index is -0.546. The first-order valence-electron chi connectivity index (χ1n) is 9.92. The second kappa shape index (κ2) is 9.74. The van der Waals surface area contributed by atoms with Crippen molar-refractivity contribution in [3.05, 3.63) is 70.7 Å². The van der Waals surface area contributed by atoms with Gasteiger partial charge in [0, 0.05) is 17.6 Å². The van der Waals surface area contributed by atoms with E-state index in [4.69, 9.17) is 11.6 Å². The van der Waals surface area contributed by atoms with E-state index < -0.39 is 6.04 Å². The number of hydrogen-bond donors (Lipinski definition) is 1. The summed E-state index contributed by atoms with van der Waals surface area (Å²) >= 11 is 6.24. The Morgan fingerprint density at radius 3 is 2.39 bits per heavy atom. The number of benzene rings is 2. The first-order valence-corrected chi connectivity index (χ1v) is 10.3. The maximum atomic E-state index is 13.1. The summed E-state index contributed by atoms with van der Waals surface area (Å²) in [5.74, 6) is -0.193. The molecule has 0 saturated heterocycles.